The predicted octanol–water partition coefficient (Wildman–Crippen LogP) is 7.65. The lowest BCUT2D eigenvalue weighted by atomic mass is 9.93. The van der Waals surface area contributed by atoms with Gasteiger partial charge in [0.1, 0.15) is 5.75 Å². The molecule has 1 unspecified atom stereocenters. The Labute approximate surface area is 212 Å². The summed E-state index contributed by atoms with van der Waals surface area (Å²) >= 11 is 16.6. The van der Waals surface area contributed by atoms with E-state index in [1.807, 2.05) is 53.8 Å². The summed E-state index contributed by atoms with van der Waals surface area (Å²) < 4.78 is 1.52. The molecule has 0 radical (unpaired) electrons. The maximum Gasteiger partial charge on any atom is 0.275 e. The molecule has 1 N–H and O–H groups in total. The predicted molar refractivity (Wildman–Crippen MR) is 138 cm³/mol. The van der Waals surface area contributed by atoms with Gasteiger partial charge in [0.05, 0.1) is 19.7 Å². The van der Waals surface area contributed by atoms with E-state index >= 15 is 0 Å². The van der Waals surface area contributed by atoms with Crippen molar-refractivity contribution in [3.63, 3.8) is 0 Å². The minimum atomic E-state index is -0.556. The standard InChI is InChI=1S/C23H15Cl2I2NO2/c1-12-7-17(22(28-2)13-3-5-15(24)6-4-13)19(25)8-14(12)9-21(29)18-10-16(26)11-20(27)23(18)30/h3-8,10-11,22,30H,9H2,1H3. The lowest BCUT2D eigenvalue weighted by Crippen LogP contribution is -2.08. The van der Waals surface area contributed by atoms with Gasteiger partial charge < -0.3 is 9.95 Å². The molecule has 0 aliphatic heterocycles. The van der Waals surface area contributed by atoms with Crippen LogP contribution in [0.25, 0.3) is 4.85 Å². The molecule has 0 amide bonds. The van der Waals surface area contributed by atoms with Gasteiger partial charge in [0.2, 0.25) is 0 Å². The van der Waals surface area contributed by atoms with Crippen LogP contribution in [-0.2, 0) is 6.42 Å². The van der Waals surface area contributed by atoms with Crippen molar-refractivity contribution in [1.29, 1.82) is 0 Å². The van der Waals surface area contributed by atoms with Crippen molar-refractivity contribution < 1.29 is 9.90 Å². The molecule has 0 aromatic heterocycles. The summed E-state index contributed by atoms with van der Waals surface area (Å²) in [5, 5.41) is 11.3. The zero-order valence-electron chi connectivity index (χ0n) is 15.7. The van der Waals surface area contributed by atoms with Crippen LogP contribution in [0.15, 0.2) is 48.5 Å². The summed E-state index contributed by atoms with van der Waals surface area (Å²) in [7, 11) is 0. The molecular weight excluding hydrogens is 647 g/mol. The fraction of sp³-hybridized carbons (Fsp3) is 0.130. The largest absolute Gasteiger partial charge is 0.506 e. The molecule has 0 aliphatic carbocycles. The monoisotopic (exact) mass is 661 g/mol. The van der Waals surface area contributed by atoms with Crippen LogP contribution in [0.4, 0.5) is 0 Å². The summed E-state index contributed by atoms with van der Waals surface area (Å²) in [6.45, 7) is 9.54. The number of phenolic OH excluding ortho intramolecular Hbond substituents is 1. The van der Waals surface area contributed by atoms with Gasteiger partial charge in [-0.05, 0) is 112 Å². The molecule has 3 aromatic rings. The Bertz CT molecular complexity index is 1170. The Morgan fingerprint density at radius 1 is 1.13 bits per heavy atom. The third-order valence-electron chi connectivity index (χ3n) is 4.74. The molecule has 152 valence electrons. The van der Waals surface area contributed by atoms with Gasteiger partial charge >= 0.3 is 0 Å². The zero-order chi connectivity index (χ0) is 22.0. The number of Topliss-reactive ketones (excluding diaryl/α,β-unsaturated/α-hetero) is 1. The maximum absolute atomic E-state index is 12.9. The lowest BCUT2D eigenvalue weighted by molar-refractivity contribution is 0.0990. The second-order valence-electron chi connectivity index (χ2n) is 6.77. The number of nitrogens with zero attached hydrogens (tertiary/aromatic N) is 1. The van der Waals surface area contributed by atoms with Gasteiger partial charge in [-0.25, -0.2) is 6.57 Å². The highest BCUT2D eigenvalue weighted by Gasteiger charge is 2.24. The van der Waals surface area contributed by atoms with Crippen LogP contribution in [-0.4, -0.2) is 10.9 Å². The van der Waals surface area contributed by atoms with Crippen molar-refractivity contribution in [2.45, 2.75) is 19.4 Å². The van der Waals surface area contributed by atoms with Crippen LogP contribution in [0.3, 0.4) is 0 Å². The summed E-state index contributed by atoms with van der Waals surface area (Å²) in [5.74, 6) is -0.188. The highest BCUT2D eigenvalue weighted by Crippen LogP contribution is 2.35. The minimum Gasteiger partial charge on any atom is -0.506 e. The van der Waals surface area contributed by atoms with E-state index in [0.717, 1.165) is 20.3 Å². The Hall–Kier alpha value is -1.34. The van der Waals surface area contributed by atoms with Gasteiger partial charge in [-0.15, -0.1) is 0 Å². The van der Waals surface area contributed by atoms with Gasteiger partial charge in [0, 0.05) is 20.6 Å². The third-order valence-corrected chi connectivity index (χ3v) is 6.77. The van der Waals surface area contributed by atoms with Crippen molar-refractivity contribution in [1.82, 2.24) is 0 Å². The van der Waals surface area contributed by atoms with Gasteiger partial charge in [0.25, 0.3) is 6.04 Å². The molecule has 0 saturated heterocycles. The van der Waals surface area contributed by atoms with E-state index in [2.05, 4.69) is 27.4 Å². The van der Waals surface area contributed by atoms with Crippen LogP contribution in [0, 0.1) is 20.6 Å². The summed E-state index contributed by atoms with van der Waals surface area (Å²) in [4.78, 5) is 16.6. The second-order valence-corrected chi connectivity index (χ2v) is 10.0. The molecule has 3 nitrogen and oxygen atoms in total. The van der Waals surface area contributed by atoms with Crippen molar-refractivity contribution in [3.05, 3.63) is 105 Å². The highest BCUT2D eigenvalue weighted by molar-refractivity contribution is 14.1. The number of hydrogen-bond donors (Lipinski definition) is 1. The number of ketones is 1. The molecule has 3 aromatic carbocycles. The van der Waals surface area contributed by atoms with E-state index in [0.29, 0.717) is 24.7 Å². The van der Waals surface area contributed by atoms with E-state index in [9.17, 15) is 9.90 Å². The Morgan fingerprint density at radius 2 is 1.80 bits per heavy atom. The zero-order valence-corrected chi connectivity index (χ0v) is 21.5. The van der Waals surface area contributed by atoms with E-state index in [-0.39, 0.29) is 18.0 Å². The van der Waals surface area contributed by atoms with E-state index in [1.54, 1.807) is 24.3 Å². The molecule has 30 heavy (non-hydrogen) atoms. The third kappa shape index (κ3) is 5.10. The van der Waals surface area contributed by atoms with Crippen LogP contribution >= 0.6 is 68.4 Å². The molecule has 1 atom stereocenters. The first-order valence-electron chi connectivity index (χ1n) is 8.83. The molecule has 0 spiro atoms. The van der Waals surface area contributed by atoms with Gasteiger partial charge in [-0.2, -0.15) is 0 Å². The van der Waals surface area contributed by atoms with E-state index in [4.69, 9.17) is 29.8 Å². The number of phenols is 1. The van der Waals surface area contributed by atoms with Gasteiger partial charge in [-0.1, -0.05) is 23.2 Å². The maximum atomic E-state index is 12.9. The molecule has 0 heterocycles. The number of rotatable bonds is 5. The number of carbonyl (C=O) groups is 1. The molecule has 7 heteroatoms. The first-order valence-corrected chi connectivity index (χ1v) is 11.7. The second kappa shape index (κ2) is 9.86. The van der Waals surface area contributed by atoms with Crippen molar-refractivity contribution in [3.8, 4) is 5.75 Å². The summed E-state index contributed by atoms with van der Waals surface area (Å²) in [6.07, 6.45) is 0.110. The molecule has 0 saturated carbocycles. The smallest absolute Gasteiger partial charge is 0.275 e. The first kappa shape index (κ1) is 23.3. The number of hydrogen-bond acceptors (Lipinski definition) is 2. The number of carbonyl (C=O) groups excluding carboxylic acids is 1. The van der Waals surface area contributed by atoms with Gasteiger partial charge in [-0.3, -0.25) is 4.79 Å². The quantitative estimate of drug-likeness (QED) is 0.173. The number of benzene rings is 3. The Morgan fingerprint density at radius 3 is 2.43 bits per heavy atom. The van der Waals surface area contributed by atoms with Crippen LogP contribution in [0.1, 0.15) is 38.7 Å². The average Bonchev–Trinajstić information content (AvgIpc) is 2.70. The van der Waals surface area contributed by atoms with Crippen LogP contribution in [0.5, 0.6) is 5.75 Å². The molecule has 0 bridgehead atoms. The minimum absolute atomic E-state index is 0.00260. The molecular formula is C23H15Cl2I2NO2. The van der Waals surface area contributed by atoms with Crippen molar-refractivity contribution >= 4 is 74.2 Å². The number of halogens is 4. The molecule has 3 rings (SSSR count). The van der Waals surface area contributed by atoms with E-state index in [1.165, 1.54) is 0 Å². The average molecular weight is 662 g/mol. The van der Waals surface area contributed by atoms with Crippen LogP contribution in [0.2, 0.25) is 10.0 Å². The molecule has 0 fully saturated rings. The fourth-order valence-electron chi connectivity index (χ4n) is 3.16. The Kier molecular flexibility index (Phi) is 7.66. The van der Waals surface area contributed by atoms with Crippen molar-refractivity contribution in [2.24, 2.45) is 0 Å². The SMILES string of the molecule is [C-]#[N+]C(c1ccc(Cl)cc1)c1cc(C)c(CC(=O)c2cc(I)cc(I)c2O)cc1Cl. The Balaban J connectivity index is 1.94. The number of aryl methyl sites for hydroxylation is 1. The topological polar surface area (TPSA) is 41.7 Å². The summed E-state index contributed by atoms with van der Waals surface area (Å²) in [6, 6.07) is 13.7. The lowest BCUT2D eigenvalue weighted by Gasteiger charge is -2.13. The summed E-state index contributed by atoms with van der Waals surface area (Å²) in [5.41, 5.74) is 3.42. The first-order chi connectivity index (χ1) is 14.2. The van der Waals surface area contributed by atoms with E-state index < -0.39 is 6.04 Å². The number of aromatic hydroxyl groups is 1. The highest BCUT2D eigenvalue weighted by atomic mass is 127. The normalized spacial score (nSPS) is 11.7. The fourth-order valence-corrected chi connectivity index (χ4v) is 5.42. The van der Waals surface area contributed by atoms with Crippen LogP contribution < -0.4 is 0 Å². The van der Waals surface area contributed by atoms with Crippen molar-refractivity contribution in [2.75, 3.05) is 0 Å². The van der Waals surface area contributed by atoms with Gasteiger partial charge in [0.15, 0.2) is 5.78 Å². The molecule has 0 aliphatic rings.